The molecule has 0 aliphatic carbocycles. The Hall–Kier alpha value is -3.50. The van der Waals surface area contributed by atoms with Gasteiger partial charge in [-0.2, -0.15) is 0 Å². The quantitative estimate of drug-likeness (QED) is 0.343. The summed E-state index contributed by atoms with van der Waals surface area (Å²) < 4.78 is 2.20. The van der Waals surface area contributed by atoms with Gasteiger partial charge in [0, 0.05) is 28.3 Å². The van der Waals surface area contributed by atoms with E-state index in [9.17, 15) is 0 Å². The molecule has 0 amide bonds. The Morgan fingerprint density at radius 1 is 0.759 bits per heavy atom. The number of aromatic nitrogens is 3. The van der Waals surface area contributed by atoms with E-state index in [-0.39, 0.29) is 0 Å². The normalized spacial score (nSPS) is 10.9. The fourth-order valence-electron chi connectivity index (χ4n) is 3.60. The van der Waals surface area contributed by atoms with Gasteiger partial charge in [-0.1, -0.05) is 84.9 Å². The van der Waals surface area contributed by atoms with E-state index in [1.54, 1.807) is 11.3 Å². The van der Waals surface area contributed by atoms with Gasteiger partial charge in [0.05, 0.1) is 11.4 Å². The fraction of sp³-hybridized carbons (Fsp3) is 0.0400. The number of hydrogen-bond acceptors (Lipinski definition) is 3. The van der Waals surface area contributed by atoms with Crippen LogP contribution in [0, 0.1) is 6.92 Å². The van der Waals surface area contributed by atoms with Crippen LogP contribution in [-0.4, -0.2) is 14.5 Å². The molecule has 0 aliphatic heterocycles. The highest BCUT2D eigenvalue weighted by molar-refractivity contribution is 7.12. The van der Waals surface area contributed by atoms with Gasteiger partial charge in [-0.3, -0.25) is 4.57 Å². The van der Waals surface area contributed by atoms with Crippen molar-refractivity contribution in [3.05, 3.63) is 102 Å². The molecule has 3 aromatic carbocycles. The Bertz CT molecular complexity index is 1240. The van der Waals surface area contributed by atoms with Gasteiger partial charge in [0.2, 0.25) is 0 Å². The van der Waals surface area contributed by atoms with Gasteiger partial charge >= 0.3 is 0 Å². The molecule has 0 N–H and O–H groups in total. The highest BCUT2D eigenvalue weighted by Gasteiger charge is 2.23. The van der Waals surface area contributed by atoms with Crippen LogP contribution in [0.1, 0.15) is 5.56 Å². The predicted molar refractivity (Wildman–Crippen MR) is 120 cm³/mol. The van der Waals surface area contributed by atoms with Gasteiger partial charge < -0.3 is 0 Å². The Morgan fingerprint density at radius 2 is 1.41 bits per heavy atom. The molecule has 0 radical (unpaired) electrons. The van der Waals surface area contributed by atoms with Crippen LogP contribution >= 0.6 is 11.3 Å². The van der Waals surface area contributed by atoms with E-state index < -0.39 is 0 Å². The molecule has 140 valence electrons. The van der Waals surface area contributed by atoms with E-state index in [2.05, 4.69) is 89.3 Å². The largest absolute Gasteiger partial charge is 0.267 e. The number of nitrogens with zero attached hydrogens (tertiary/aromatic N) is 3. The molecule has 5 rings (SSSR count). The molecule has 0 bridgehead atoms. The zero-order chi connectivity index (χ0) is 19.6. The van der Waals surface area contributed by atoms with Crippen molar-refractivity contribution in [3.8, 4) is 39.0 Å². The summed E-state index contributed by atoms with van der Waals surface area (Å²) in [6.07, 6.45) is 1.85. The highest BCUT2D eigenvalue weighted by Crippen LogP contribution is 2.39. The first-order valence-electron chi connectivity index (χ1n) is 9.52. The second-order valence-corrected chi connectivity index (χ2v) is 7.70. The van der Waals surface area contributed by atoms with Gasteiger partial charge in [0.15, 0.2) is 5.13 Å². The van der Waals surface area contributed by atoms with E-state index in [4.69, 9.17) is 4.98 Å². The molecule has 0 saturated carbocycles. The molecule has 29 heavy (non-hydrogen) atoms. The number of hydrogen-bond donors (Lipinski definition) is 0. The van der Waals surface area contributed by atoms with Crippen molar-refractivity contribution in [2.24, 2.45) is 0 Å². The van der Waals surface area contributed by atoms with Crippen LogP contribution in [0.2, 0.25) is 0 Å². The Balaban J connectivity index is 1.90. The lowest BCUT2D eigenvalue weighted by Crippen LogP contribution is -2.00. The molecule has 0 atom stereocenters. The number of benzene rings is 3. The first-order valence-corrected chi connectivity index (χ1v) is 10.4. The summed E-state index contributed by atoms with van der Waals surface area (Å²) in [6, 6.07) is 29.2. The zero-order valence-electron chi connectivity index (χ0n) is 16.0. The maximum Gasteiger partial charge on any atom is 0.195 e. The van der Waals surface area contributed by atoms with E-state index in [0.717, 1.165) is 39.0 Å². The summed E-state index contributed by atoms with van der Waals surface area (Å²) in [6.45, 7) is 2.13. The minimum atomic E-state index is 0.913. The smallest absolute Gasteiger partial charge is 0.195 e. The summed E-state index contributed by atoms with van der Waals surface area (Å²) in [5.74, 6) is 0.913. The summed E-state index contributed by atoms with van der Waals surface area (Å²) in [5.41, 5.74) is 6.54. The lowest BCUT2D eigenvalue weighted by molar-refractivity contribution is 1.04. The number of thiazole rings is 1. The van der Waals surface area contributed by atoms with Crippen LogP contribution in [-0.2, 0) is 0 Å². The van der Waals surface area contributed by atoms with Gasteiger partial charge in [-0.05, 0) is 12.5 Å². The van der Waals surface area contributed by atoms with Gasteiger partial charge in [0.25, 0.3) is 0 Å². The topological polar surface area (TPSA) is 30.7 Å². The third-order valence-corrected chi connectivity index (χ3v) is 5.73. The van der Waals surface area contributed by atoms with Crippen molar-refractivity contribution in [2.75, 3.05) is 0 Å². The second-order valence-electron chi connectivity index (χ2n) is 6.83. The van der Waals surface area contributed by atoms with E-state index in [1.165, 1.54) is 5.56 Å². The third kappa shape index (κ3) is 3.18. The van der Waals surface area contributed by atoms with Crippen LogP contribution in [0.5, 0.6) is 0 Å². The summed E-state index contributed by atoms with van der Waals surface area (Å²) in [7, 11) is 0. The first-order chi connectivity index (χ1) is 14.3. The molecule has 0 unspecified atom stereocenters. The lowest BCUT2D eigenvalue weighted by Gasteiger charge is -2.11. The van der Waals surface area contributed by atoms with Crippen molar-refractivity contribution in [1.29, 1.82) is 0 Å². The molecule has 5 aromatic rings. The SMILES string of the molecule is Cc1ccccc1-c1nc(-c2ccccc2)c(-c2ccccc2)n1-c1nccs1. The average molecular weight is 394 g/mol. The van der Waals surface area contributed by atoms with Crippen molar-refractivity contribution in [2.45, 2.75) is 6.92 Å². The zero-order valence-corrected chi connectivity index (χ0v) is 16.8. The van der Waals surface area contributed by atoms with Crippen molar-refractivity contribution in [1.82, 2.24) is 14.5 Å². The van der Waals surface area contributed by atoms with Crippen LogP contribution in [0.4, 0.5) is 0 Å². The fourth-order valence-corrected chi connectivity index (χ4v) is 4.25. The first kappa shape index (κ1) is 17.6. The van der Waals surface area contributed by atoms with Crippen molar-refractivity contribution in [3.63, 3.8) is 0 Å². The maximum atomic E-state index is 5.17. The Kier molecular flexibility index (Phi) is 4.54. The van der Waals surface area contributed by atoms with Crippen molar-refractivity contribution < 1.29 is 0 Å². The Morgan fingerprint density at radius 3 is 2.07 bits per heavy atom. The van der Waals surface area contributed by atoms with Crippen LogP contribution in [0.15, 0.2) is 96.5 Å². The average Bonchev–Trinajstić information content (AvgIpc) is 3.43. The van der Waals surface area contributed by atoms with Crippen LogP contribution in [0.3, 0.4) is 0 Å². The molecule has 4 heteroatoms. The second kappa shape index (κ2) is 7.49. The molecule has 0 aliphatic rings. The molecule has 0 saturated heterocycles. The van der Waals surface area contributed by atoms with Gasteiger partial charge in [-0.25, -0.2) is 9.97 Å². The van der Waals surface area contributed by atoms with Gasteiger partial charge in [0.1, 0.15) is 5.82 Å². The molecular formula is C25H19N3S. The van der Waals surface area contributed by atoms with E-state index in [1.807, 2.05) is 23.7 Å². The molecule has 2 aromatic heterocycles. The maximum absolute atomic E-state index is 5.17. The molecule has 0 spiro atoms. The minimum Gasteiger partial charge on any atom is -0.267 e. The summed E-state index contributed by atoms with van der Waals surface area (Å²) in [5, 5.41) is 2.92. The van der Waals surface area contributed by atoms with E-state index in [0.29, 0.717) is 0 Å². The van der Waals surface area contributed by atoms with Crippen LogP contribution < -0.4 is 0 Å². The number of imidazole rings is 1. The molecule has 0 fully saturated rings. The Labute approximate surface area is 174 Å². The summed E-state index contributed by atoms with van der Waals surface area (Å²) in [4.78, 5) is 9.81. The molecule has 3 nitrogen and oxygen atoms in total. The third-order valence-electron chi connectivity index (χ3n) is 4.97. The van der Waals surface area contributed by atoms with Crippen molar-refractivity contribution >= 4 is 11.3 Å². The molecular weight excluding hydrogens is 374 g/mol. The molecule has 2 heterocycles. The minimum absolute atomic E-state index is 0.913. The van der Waals surface area contributed by atoms with E-state index >= 15 is 0 Å². The highest BCUT2D eigenvalue weighted by atomic mass is 32.1. The lowest BCUT2D eigenvalue weighted by atomic mass is 10.0. The summed E-state index contributed by atoms with van der Waals surface area (Å²) >= 11 is 1.62. The number of rotatable bonds is 4. The van der Waals surface area contributed by atoms with Gasteiger partial charge in [-0.15, -0.1) is 11.3 Å². The number of aryl methyl sites for hydroxylation is 1. The van der Waals surface area contributed by atoms with Crippen LogP contribution in [0.25, 0.3) is 39.0 Å². The monoisotopic (exact) mass is 393 g/mol. The predicted octanol–water partition coefficient (Wildman–Crippen LogP) is 6.64. The standard InChI is InChI=1S/C25H19N3S/c1-18-10-8-9-15-21(18)24-27-22(19-11-4-2-5-12-19)23(20-13-6-3-7-14-20)28(24)25-26-16-17-29-25/h2-17H,1H3.